The third kappa shape index (κ3) is 2.10. The zero-order valence-corrected chi connectivity index (χ0v) is 12.5. The molecule has 0 aliphatic carbocycles. The minimum absolute atomic E-state index is 0.0149. The summed E-state index contributed by atoms with van der Waals surface area (Å²) in [6.07, 6.45) is 0.961. The standard InChI is InChI=1S/C13H19N3O3S/c1-14(2)20(18,19)15-7-10-6-11(9-15)12-4-3-5-13(17)16(12)8-10/h3-5,10-11H,6-9H2,1-2H3/t10?,11-/m0/s1. The first-order valence-electron chi connectivity index (χ1n) is 6.77. The normalized spacial score (nSPS) is 26.6. The molecule has 0 N–H and O–H groups in total. The molecule has 1 saturated heterocycles. The van der Waals surface area contributed by atoms with Gasteiger partial charge in [-0.3, -0.25) is 4.79 Å². The quantitative estimate of drug-likeness (QED) is 0.776. The zero-order valence-electron chi connectivity index (χ0n) is 11.7. The summed E-state index contributed by atoms with van der Waals surface area (Å²) in [7, 11) is -0.268. The van der Waals surface area contributed by atoms with Gasteiger partial charge in [-0.2, -0.15) is 17.0 Å². The molecule has 2 aliphatic rings. The fourth-order valence-corrected chi connectivity index (χ4v) is 4.50. The van der Waals surface area contributed by atoms with Crippen LogP contribution >= 0.6 is 0 Å². The highest BCUT2D eigenvalue weighted by Crippen LogP contribution is 2.36. The van der Waals surface area contributed by atoms with Gasteiger partial charge in [-0.25, -0.2) is 0 Å². The molecule has 1 unspecified atom stereocenters. The third-order valence-electron chi connectivity index (χ3n) is 4.23. The molecule has 2 bridgehead atoms. The number of nitrogens with zero attached hydrogens (tertiary/aromatic N) is 3. The first kappa shape index (κ1) is 13.8. The van der Waals surface area contributed by atoms with E-state index in [1.165, 1.54) is 4.31 Å². The predicted octanol–water partition coefficient (Wildman–Crippen LogP) is 0.0738. The van der Waals surface area contributed by atoms with E-state index in [1.807, 2.05) is 6.07 Å². The number of hydrogen-bond donors (Lipinski definition) is 0. The highest BCUT2D eigenvalue weighted by atomic mass is 32.2. The first-order valence-corrected chi connectivity index (χ1v) is 8.16. The lowest BCUT2D eigenvalue weighted by molar-refractivity contribution is 0.180. The van der Waals surface area contributed by atoms with Gasteiger partial charge in [0.05, 0.1) is 0 Å². The summed E-state index contributed by atoms with van der Waals surface area (Å²) in [6.45, 7) is 1.57. The van der Waals surface area contributed by atoms with Crippen LogP contribution in [0.25, 0.3) is 0 Å². The SMILES string of the molecule is CN(C)S(=O)(=O)N1CC2C[C@@H](C1)c1cccc(=O)n1C2. The highest BCUT2D eigenvalue weighted by Gasteiger charge is 2.39. The van der Waals surface area contributed by atoms with E-state index in [0.717, 1.165) is 12.1 Å². The number of pyridine rings is 1. The lowest BCUT2D eigenvalue weighted by atomic mass is 9.84. The van der Waals surface area contributed by atoms with Gasteiger partial charge in [0.1, 0.15) is 0 Å². The maximum Gasteiger partial charge on any atom is 0.281 e. The molecule has 110 valence electrons. The van der Waals surface area contributed by atoms with Crippen LogP contribution in [0.1, 0.15) is 18.0 Å². The van der Waals surface area contributed by atoms with Crippen LogP contribution in [0.3, 0.4) is 0 Å². The van der Waals surface area contributed by atoms with Gasteiger partial charge in [0.15, 0.2) is 0 Å². The van der Waals surface area contributed by atoms with Crippen LogP contribution in [0.5, 0.6) is 0 Å². The lowest BCUT2D eigenvalue weighted by Gasteiger charge is -2.42. The van der Waals surface area contributed by atoms with Crippen molar-refractivity contribution in [1.29, 1.82) is 0 Å². The Balaban J connectivity index is 1.97. The highest BCUT2D eigenvalue weighted by molar-refractivity contribution is 7.86. The van der Waals surface area contributed by atoms with E-state index in [-0.39, 0.29) is 17.4 Å². The molecule has 3 rings (SSSR count). The second kappa shape index (κ2) is 4.68. The zero-order chi connectivity index (χ0) is 14.5. The van der Waals surface area contributed by atoms with Crippen molar-refractivity contribution in [3.63, 3.8) is 0 Å². The second-order valence-electron chi connectivity index (χ2n) is 5.81. The molecule has 20 heavy (non-hydrogen) atoms. The van der Waals surface area contributed by atoms with E-state index in [1.54, 1.807) is 35.1 Å². The summed E-state index contributed by atoms with van der Waals surface area (Å²) in [5, 5.41) is 0. The van der Waals surface area contributed by atoms with Crippen LogP contribution in [0, 0.1) is 5.92 Å². The van der Waals surface area contributed by atoms with E-state index in [0.29, 0.717) is 19.6 Å². The van der Waals surface area contributed by atoms with Crippen molar-refractivity contribution < 1.29 is 8.42 Å². The maximum atomic E-state index is 12.3. The molecule has 2 atom stereocenters. The molecule has 0 radical (unpaired) electrons. The van der Waals surface area contributed by atoms with Gasteiger partial charge in [0.25, 0.3) is 15.8 Å². The van der Waals surface area contributed by atoms with Crippen molar-refractivity contribution in [1.82, 2.24) is 13.2 Å². The van der Waals surface area contributed by atoms with Gasteiger partial charge >= 0.3 is 0 Å². The van der Waals surface area contributed by atoms with E-state index in [2.05, 4.69) is 0 Å². The molecule has 1 aromatic rings. The second-order valence-corrected chi connectivity index (χ2v) is 7.95. The smallest absolute Gasteiger partial charge is 0.281 e. The molecule has 0 saturated carbocycles. The number of piperidine rings is 1. The summed E-state index contributed by atoms with van der Waals surface area (Å²) >= 11 is 0. The fraction of sp³-hybridized carbons (Fsp3) is 0.615. The maximum absolute atomic E-state index is 12.3. The lowest BCUT2D eigenvalue weighted by Crippen LogP contribution is -2.51. The molecule has 1 fully saturated rings. The Hall–Kier alpha value is -1.18. The monoisotopic (exact) mass is 297 g/mol. The summed E-state index contributed by atoms with van der Waals surface area (Å²) < 4.78 is 29.2. The Morgan fingerprint density at radius 3 is 2.65 bits per heavy atom. The van der Waals surface area contributed by atoms with Crippen molar-refractivity contribution in [2.75, 3.05) is 27.2 Å². The Bertz CT molecular complexity index is 680. The third-order valence-corrected chi connectivity index (χ3v) is 6.11. The molecule has 2 aliphatic heterocycles. The summed E-state index contributed by atoms with van der Waals surface area (Å²) in [6, 6.07) is 5.26. The van der Waals surface area contributed by atoms with Crippen LogP contribution in [-0.4, -0.2) is 48.8 Å². The summed E-state index contributed by atoms with van der Waals surface area (Å²) in [5.41, 5.74) is 0.980. The summed E-state index contributed by atoms with van der Waals surface area (Å²) in [4.78, 5) is 11.9. The molecule has 1 aromatic heterocycles. The Morgan fingerprint density at radius 1 is 1.20 bits per heavy atom. The van der Waals surface area contributed by atoms with E-state index in [4.69, 9.17) is 0 Å². The van der Waals surface area contributed by atoms with Gasteiger partial charge in [-0.15, -0.1) is 0 Å². The van der Waals surface area contributed by atoms with Crippen LogP contribution in [0.4, 0.5) is 0 Å². The molecule has 0 aromatic carbocycles. The van der Waals surface area contributed by atoms with Crippen LogP contribution in [0.15, 0.2) is 23.0 Å². The topological polar surface area (TPSA) is 62.6 Å². The van der Waals surface area contributed by atoms with Crippen LogP contribution < -0.4 is 5.56 Å². The molecular formula is C13H19N3O3S. The van der Waals surface area contributed by atoms with Crippen molar-refractivity contribution in [3.8, 4) is 0 Å². The molecule has 7 heteroatoms. The van der Waals surface area contributed by atoms with Gasteiger partial charge in [0.2, 0.25) is 0 Å². The predicted molar refractivity (Wildman–Crippen MR) is 75.7 cm³/mol. The average molecular weight is 297 g/mol. The summed E-state index contributed by atoms with van der Waals surface area (Å²) in [5.74, 6) is 0.335. The van der Waals surface area contributed by atoms with Crippen LogP contribution in [-0.2, 0) is 16.8 Å². The first-order chi connectivity index (χ1) is 9.39. The molecule has 6 nitrogen and oxygen atoms in total. The van der Waals surface area contributed by atoms with Crippen molar-refractivity contribution >= 4 is 10.2 Å². The Morgan fingerprint density at radius 2 is 1.95 bits per heavy atom. The van der Waals surface area contributed by atoms with E-state index >= 15 is 0 Å². The molecule has 0 spiro atoms. The molecule has 0 amide bonds. The van der Waals surface area contributed by atoms with Gasteiger partial charge in [-0.05, 0) is 18.4 Å². The van der Waals surface area contributed by atoms with Crippen molar-refractivity contribution in [3.05, 3.63) is 34.2 Å². The number of rotatable bonds is 2. The Kier molecular flexibility index (Phi) is 3.23. The largest absolute Gasteiger partial charge is 0.312 e. The Labute approximate surface area is 118 Å². The minimum Gasteiger partial charge on any atom is -0.312 e. The minimum atomic E-state index is -3.38. The van der Waals surface area contributed by atoms with Gasteiger partial charge in [-0.1, -0.05) is 6.07 Å². The van der Waals surface area contributed by atoms with Gasteiger partial charge in [0, 0.05) is 51.4 Å². The average Bonchev–Trinajstić information content (AvgIpc) is 2.39. The molecule has 3 heterocycles. The molecular weight excluding hydrogens is 278 g/mol. The fourth-order valence-electron chi connectivity index (χ4n) is 3.27. The van der Waals surface area contributed by atoms with Crippen molar-refractivity contribution in [2.24, 2.45) is 5.92 Å². The van der Waals surface area contributed by atoms with E-state index < -0.39 is 10.2 Å². The van der Waals surface area contributed by atoms with Crippen LogP contribution in [0.2, 0.25) is 0 Å². The number of fused-ring (bicyclic) bond motifs is 4. The van der Waals surface area contributed by atoms with Crippen molar-refractivity contribution in [2.45, 2.75) is 18.9 Å². The van der Waals surface area contributed by atoms with Gasteiger partial charge < -0.3 is 4.57 Å². The van der Waals surface area contributed by atoms with E-state index in [9.17, 15) is 13.2 Å². The number of hydrogen-bond acceptors (Lipinski definition) is 3. The number of aromatic nitrogens is 1.